The van der Waals surface area contributed by atoms with E-state index in [2.05, 4.69) is 32.3 Å². The molecule has 1 N–H and O–H groups in total. The van der Waals surface area contributed by atoms with E-state index in [-0.39, 0.29) is 0 Å². The number of fused-ring (bicyclic) bond motifs is 1. The summed E-state index contributed by atoms with van der Waals surface area (Å²) in [5, 5.41) is 14.7. The molecule has 0 bridgehead atoms. The summed E-state index contributed by atoms with van der Waals surface area (Å²) in [5.74, 6) is 0. The van der Waals surface area contributed by atoms with Gasteiger partial charge in [0.2, 0.25) is 0 Å². The summed E-state index contributed by atoms with van der Waals surface area (Å²) in [4.78, 5) is 4.32. The quantitative estimate of drug-likeness (QED) is 0.598. The second-order valence-electron chi connectivity index (χ2n) is 4.91. The monoisotopic (exact) mass is 405 g/mol. The fourth-order valence-electron chi connectivity index (χ4n) is 2.29. The smallest absolute Gasteiger partial charge is 0.103 e. The average molecular weight is 407 g/mol. The third kappa shape index (κ3) is 3.42. The van der Waals surface area contributed by atoms with Crippen LogP contribution < -0.4 is 5.32 Å². The van der Waals surface area contributed by atoms with Crippen LogP contribution in [0.4, 0.5) is 5.69 Å². The number of benzene rings is 2. The zero-order valence-electron chi connectivity index (χ0n) is 11.8. The lowest BCUT2D eigenvalue weighted by Crippen LogP contribution is -2.03. The molecule has 0 radical (unpaired) electrons. The van der Waals surface area contributed by atoms with Crippen molar-refractivity contribution in [1.82, 2.24) is 4.98 Å². The second-order valence-corrected chi connectivity index (χ2v) is 6.67. The molecule has 3 nitrogen and oxygen atoms in total. The Bertz CT molecular complexity index is 935. The van der Waals surface area contributed by atoms with Gasteiger partial charge in [-0.3, -0.25) is 4.98 Å². The summed E-state index contributed by atoms with van der Waals surface area (Å²) in [6.07, 6.45) is 1.57. The predicted molar refractivity (Wildman–Crippen MR) is 97.9 cm³/mol. The average Bonchev–Trinajstić information content (AvgIpc) is 2.53. The van der Waals surface area contributed by atoms with Crippen molar-refractivity contribution in [2.24, 2.45) is 0 Å². The predicted octanol–water partition coefficient (Wildman–Crippen LogP) is 5.79. The molecule has 6 heteroatoms. The van der Waals surface area contributed by atoms with Crippen molar-refractivity contribution in [1.29, 1.82) is 5.26 Å². The van der Waals surface area contributed by atoms with Crippen molar-refractivity contribution in [2.45, 2.75) is 6.54 Å². The van der Waals surface area contributed by atoms with Gasteiger partial charge in [0, 0.05) is 32.6 Å². The Morgan fingerprint density at radius 1 is 1.17 bits per heavy atom. The van der Waals surface area contributed by atoms with Crippen LogP contribution in [0.5, 0.6) is 0 Å². The summed E-state index contributed by atoms with van der Waals surface area (Å²) < 4.78 is 0.939. The van der Waals surface area contributed by atoms with Gasteiger partial charge in [0.25, 0.3) is 0 Å². The topological polar surface area (TPSA) is 48.7 Å². The van der Waals surface area contributed by atoms with Gasteiger partial charge in [0.05, 0.1) is 16.8 Å². The van der Waals surface area contributed by atoms with Crippen molar-refractivity contribution in [3.8, 4) is 6.07 Å². The Morgan fingerprint density at radius 2 is 2.00 bits per heavy atom. The van der Waals surface area contributed by atoms with Gasteiger partial charge in [0.1, 0.15) is 6.07 Å². The second kappa shape index (κ2) is 6.76. The molecule has 0 spiro atoms. The first-order valence-electron chi connectivity index (χ1n) is 6.74. The number of hydrogen-bond acceptors (Lipinski definition) is 3. The SMILES string of the molecule is N#Cc1cnc2cc(Br)ccc2c1NCc1ccc(Cl)cc1Cl. The summed E-state index contributed by atoms with van der Waals surface area (Å²) >= 11 is 15.5. The van der Waals surface area contributed by atoms with Gasteiger partial charge in [0.15, 0.2) is 0 Å². The standard InChI is InChI=1S/C17H10BrCl2N3/c18-12-2-4-14-16(5-12)22-9-11(7-21)17(14)23-8-10-1-3-13(19)6-15(10)20/h1-6,9H,8H2,(H,22,23). The number of rotatable bonds is 3. The highest BCUT2D eigenvalue weighted by Crippen LogP contribution is 2.29. The molecule has 0 fully saturated rings. The molecule has 0 unspecified atom stereocenters. The molecule has 3 aromatic rings. The maximum absolute atomic E-state index is 9.34. The van der Waals surface area contributed by atoms with Crippen LogP contribution in [-0.4, -0.2) is 4.98 Å². The maximum Gasteiger partial charge on any atom is 0.103 e. The van der Waals surface area contributed by atoms with E-state index in [9.17, 15) is 5.26 Å². The minimum Gasteiger partial charge on any atom is -0.379 e. The lowest BCUT2D eigenvalue weighted by atomic mass is 10.1. The highest BCUT2D eigenvalue weighted by Gasteiger charge is 2.10. The molecule has 0 amide bonds. The molecule has 0 atom stereocenters. The number of nitrogens with zero attached hydrogens (tertiary/aromatic N) is 2. The van der Waals surface area contributed by atoms with Gasteiger partial charge in [-0.1, -0.05) is 45.2 Å². The first-order chi connectivity index (χ1) is 11.1. The van der Waals surface area contributed by atoms with Crippen LogP contribution in [0.15, 0.2) is 47.1 Å². The van der Waals surface area contributed by atoms with Gasteiger partial charge in [-0.25, -0.2) is 0 Å². The van der Waals surface area contributed by atoms with Crippen LogP contribution in [0.2, 0.25) is 10.0 Å². The molecule has 0 aliphatic heterocycles. The van der Waals surface area contributed by atoms with Crippen molar-refractivity contribution in [3.63, 3.8) is 0 Å². The number of aromatic nitrogens is 1. The molecular weight excluding hydrogens is 397 g/mol. The van der Waals surface area contributed by atoms with Gasteiger partial charge < -0.3 is 5.32 Å². The molecule has 0 saturated heterocycles. The van der Waals surface area contributed by atoms with E-state index in [1.807, 2.05) is 24.3 Å². The van der Waals surface area contributed by atoms with E-state index in [0.717, 1.165) is 26.6 Å². The Morgan fingerprint density at radius 3 is 2.74 bits per heavy atom. The van der Waals surface area contributed by atoms with Crippen LogP contribution in [0, 0.1) is 11.3 Å². The number of pyridine rings is 1. The Balaban J connectivity index is 2.00. The lowest BCUT2D eigenvalue weighted by molar-refractivity contribution is 1.15. The zero-order valence-corrected chi connectivity index (χ0v) is 14.9. The van der Waals surface area contributed by atoms with E-state index >= 15 is 0 Å². The van der Waals surface area contributed by atoms with Crippen LogP contribution in [0.25, 0.3) is 10.9 Å². The first-order valence-corrected chi connectivity index (χ1v) is 8.29. The number of halogens is 3. The zero-order chi connectivity index (χ0) is 16.4. The minimum atomic E-state index is 0.486. The number of nitrogens with one attached hydrogen (secondary N) is 1. The van der Waals surface area contributed by atoms with Crippen LogP contribution in [0.3, 0.4) is 0 Å². The van der Waals surface area contributed by atoms with E-state index in [1.165, 1.54) is 0 Å². The van der Waals surface area contributed by atoms with Crippen LogP contribution >= 0.6 is 39.1 Å². The lowest BCUT2D eigenvalue weighted by Gasteiger charge is -2.12. The summed E-state index contributed by atoms with van der Waals surface area (Å²) in [6, 6.07) is 13.3. The van der Waals surface area contributed by atoms with Crippen LogP contribution in [0.1, 0.15) is 11.1 Å². The summed E-state index contributed by atoms with van der Waals surface area (Å²) in [6.45, 7) is 0.486. The molecule has 1 heterocycles. The fourth-order valence-corrected chi connectivity index (χ4v) is 3.11. The van der Waals surface area contributed by atoms with Crippen molar-refractivity contribution < 1.29 is 0 Å². The molecule has 0 aliphatic rings. The highest BCUT2D eigenvalue weighted by molar-refractivity contribution is 9.10. The van der Waals surface area contributed by atoms with Gasteiger partial charge in [-0.2, -0.15) is 5.26 Å². The molecule has 114 valence electrons. The van der Waals surface area contributed by atoms with Crippen molar-refractivity contribution >= 4 is 55.7 Å². The molecule has 1 aromatic heterocycles. The number of anilines is 1. The summed E-state index contributed by atoms with van der Waals surface area (Å²) in [5.41, 5.74) is 2.95. The Kier molecular flexibility index (Phi) is 4.72. The number of hydrogen-bond donors (Lipinski definition) is 1. The molecular formula is C17H10BrCl2N3. The molecule has 0 saturated carbocycles. The van der Waals surface area contributed by atoms with Crippen molar-refractivity contribution in [3.05, 3.63) is 68.2 Å². The minimum absolute atomic E-state index is 0.486. The largest absolute Gasteiger partial charge is 0.379 e. The Hall–Kier alpha value is -1.80. The molecule has 2 aromatic carbocycles. The first kappa shape index (κ1) is 16.1. The van der Waals surface area contributed by atoms with E-state index in [4.69, 9.17) is 23.2 Å². The molecule has 0 aliphatic carbocycles. The fraction of sp³-hybridized carbons (Fsp3) is 0.0588. The maximum atomic E-state index is 9.34. The van der Waals surface area contributed by atoms with Crippen molar-refractivity contribution in [2.75, 3.05) is 5.32 Å². The number of nitriles is 1. The van der Waals surface area contributed by atoms with Crippen LogP contribution in [-0.2, 0) is 6.54 Å². The van der Waals surface area contributed by atoms with Gasteiger partial charge in [-0.15, -0.1) is 0 Å². The molecule has 3 rings (SSSR count). The van der Waals surface area contributed by atoms with E-state index in [0.29, 0.717) is 22.2 Å². The third-order valence-electron chi connectivity index (χ3n) is 3.42. The van der Waals surface area contributed by atoms with E-state index in [1.54, 1.807) is 18.3 Å². The highest BCUT2D eigenvalue weighted by atomic mass is 79.9. The van der Waals surface area contributed by atoms with E-state index < -0.39 is 0 Å². The third-order valence-corrected chi connectivity index (χ3v) is 4.50. The summed E-state index contributed by atoms with van der Waals surface area (Å²) in [7, 11) is 0. The van der Waals surface area contributed by atoms with Gasteiger partial charge in [-0.05, 0) is 35.9 Å². The van der Waals surface area contributed by atoms with Gasteiger partial charge >= 0.3 is 0 Å². The Labute approximate surface area is 152 Å². The molecule has 23 heavy (non-hydrogen) atoms. The normalized spacial score (nSPS) is 10.5.